The van der Waals surface area contributed by atoms with E-state index < -0.39 is 0 Å². The van der Waals surface area contributed by atoms with E-state index in [2.05, 4.69) is 11.1 Å². The molecule has 1 saturated carbocycles. The fraction of sp³-hybridized carbons (Fsp3) is 0.200. The second kappa shape index (κ2) is 10.2. The molecule has 0 N–H and O–H groups in total. The minimum atomic E-state index is -0.284. The lowest BCUT2D eigenvalue weighted by Crippen LogP contribution is -2.36. The van der Waals surface area contributed by atoms with Gasteiger partial charge < -0.3 is 0 Å². The van der Waals surface area contributed by atoms with Gasteiger partial charge in [0.2, 0.25) is 0 Å². The SMILES string of the molecule is O=C(Cn1cnc2ccccc2c1=O)N1N=C2C(=Cc3ccc(Cl)cc3)CCCC2C1c1ccc(Cl)cc1. The summed E-state index contributed by atoms with van der Waals surface area (Å²) in [4.78, 5) is 31.2. The van der Waals surface area contributed by atoms with Crippen LogP contribution in [0.15, 0.2) is 94.6 Å². The summed E-state index contributed by atoms with van der Waals surface area (Å²) >= 11 is 12.3. The van der Waals surface area contributed by atoms with Gasteiger partial charge in [-0.1, -0.05) is 59.6 Å². The summed E-state index contributed by atoms with van der Waals surface area (Å²) in [6, 6.07) is 22.1. The lowest BCUT2D eigenvalue weighted by Gasteiger charge is -2.29. The fourth-order valence-corrected chi connectivity index (χ4v) is 5.65. The van der Waals surface area contributed by atoms with Crippen molar-refractivity contribution in [2.24, 2.45) is 11.0 Å². The van der Waals surface area contributed by atoms with Crippen LogP contribution in [0.25, 0.3) is 17.0 Å². The Kier molecular flexibility index (Phi) is 6.60. The fourth-order valence-electron chi connectivity index (χ4n) is 5.40. The van der Waals surface area contributed by atoms with E-state index in [9.17, 15) is 9.59 Å². The van der Waals surface area contributed by atoms with Crippen LogP contribution < -0.4 is 5.56 Å². The topological polar surface area (TPSA) is 67.6 Å². The summed E-state index contributed by atoms with van der Waals surface area (Å²) in [5.74, 6) is -0.226. The highest BCUT2D eigenvalue weighted by Gasteiger charge is 2.43. The number of nitrogens with zero attached hydrogens (tertiary/aromatic N) is 4. The molecule has 6 nitrogen and oxygen atoms in total. The molecule has 0 saturated heterocycles. The number of rotatable bonds is 4. The van der Waals surface area contributed by atoms with Gasteiger partial charge >= 0.3 is 0 Å². The van der Waals surface area contributed by atoms with E-state index in [1.165, 1.54) is 10.9 Å². The highest BCUT2D eigenvalue weighted by atomic mass is 35.5. The molecule has 1 amide bonds. The van der Waals surface area contributed by atoms with Gasteiger partial charge in [-0.25, -0.2) is 9.99 Å². The molecule has 0 bridgehead atoms. The monoisotopic (exact) mass is 542 g/mol. The van der Waals surface area contributed by atoms with Crippen LogP contribution in [0.2, 0.25) is 10.0 Å². The number of carbonyl (C=O) groups is 1. The molecule has 0 spiro atoms. The molecule has 1 aromatic heterocycles. The molecule has 2 atom stereocenters. The van der Waals surface area contributed by atoms with Crippen molar-refractivity contribution in [3.63, 3.8) is 0 Å². The maximum atomic E-state index is 13.8. The van der Waals surface area contributed by atoms with Crippen molar-refractivity contribution in [2.75, 3.05) is 0 Å². The lowest BCUT2D eigenvalue weighted by atomic mass is 9.77. The third-order valence-electron chi connectivity index (χ3n) is 7.22. The number of halogens is 2. The van der Waals surface area contributed by atoms with Gasteiger partial charge in [-0.2, -0.15) is 5.10 Å². The van der Waals surface area contributed by atoms with Crippen LogP contribution in [0.5, 0.6) is 0 Å². The molecule has 0 radical (unpaired) electrons. The summed E-state index contributed by atoms with van der Waals surface area (Å²) in [6.07, 6.45) is 6.34. The van der Waals surface area contributed by atoms with Gasteiger partial charge in [0, 0.05) is 16.0 Å². The van der Waals surface area contributed by atoms with Crippen molar-refractivity contribution in [1.82, 2.24) is 14.6 Å². The Morgan fingerprint density at radius 3 is 2.45 bits per heavy atom. The van der Waals surface area contributed by atoms with Crippen molar-refractivity contribution in [1.29, 1.82) is 0 Å². The molecule has 4 aromatic rings. The largest absolute Gasteiger partial charge is 0.289 e. The van der Waals surface area contributed by atoms with E-state index in [1.807, 2.05) is 54.6 Å². The first-order valence-corrected chi connectivity index (χ1v) is 13.3. The van der Waals surface area contributed by atoms with E-state index in [0.717, 1.165) is 41.7 Å². The highest BCUT2D eigenvalue weighted by molar-refractivity contribution is 6.30. The van der Waals surface area contributed by atoms with Crippen LogP contribution >= 0.6 is 23.2 Å². The van der Waals surface area contributed by atoms with E-state index in [0.29, 0.717) is 20.9 Å². The van der Waals surface area contributed by atoms with Gasteiger partial charge in [-0.05, 0) is 78.4 Å². The van der Waals surface area contributed by atoms with Gasteiger partial charge in [0.1, 0.15) is 6.54 Å². The molecular formula is C30H24Cl2N4O2. The molecule has 1 aliphatic carbocycles. The summed E-state index contributed by atoms with van der Waals surface area (Å²) in [7, 11) is 0. The molecule has 8 heteroatoms. The first kappa shape index (κ1) is 24.6. The minimum absolute atomic E-state index is 0.0406. The molecule has 2 unspecified atom stereocenters. The number of hydrazone groups is 1. The van der Waals surface area contributed by atoms with E-state index >= 15 is 0 Å². The molecule has 6 rings (SSSR count). The summed E-state index contributed by atoms with van der Waals surface area (Å²) in [5, 5.41) is 8.27. The third kappa shape index (κ3) is 4.66. The van der Waals surface area contributed by atoms with Crippen LogP contribution in [0.1, 0.15) is 36.4 Å². The van der Waals surface area contributed by atoms with Gasteiger partial charge in [-0.3, -0.25) is 14.2 Å². The van der Waals surface area contributed by atoms with E-state index in [4.69, 9.17) is 28.3 Å². The standard InChI is InChI=1S/C30H24Cl2N4O2/c31-22-12-8-19(9-13-22)16-21-4-3-6-25-28(21)34-36(29(25)20-10-14-23(32)15-11-20)27(37)17-35-18-33-26-7-2-1-5-24(26)30(35)38/h1-2,5,7-16,18,25,29H,3-4,6,17H2. The zero-order chi connectivity index (χ0) is 26.2. The number of hydrogen-bond donors (Lipinski definition) is 0. The number of allylic oxidation sites excluding steroid dienone is 1. The van der Waals surface area contributed by atoms with Crippen molar-refractivity contribution in [2.45, 2.75) is 31.8 Å². The molecule has 38 heavy (non-hydrogen) atoms. The first-order chi connectivity index (χ1) is 18.5. The molecular weight excluding hydrogens is 519 g/mol. The number of aromatic nitrogens is 2. The zero-order valence-corrected chi connectivity index (χ0v) is 21.9. The molecule has 1 aliphatic heterocycles. The smallest absolute Gasteiger partial charge is 0.263 e. The Bertz CT molecular complexity index is 1640. The molecule has 3 aromatic carbocycles. The maximum Gasteiger partial charge on any atom is 0.263 e. The van der Waals surface area contributed by atoms with Crippen molar-refractivity contribution in [3.8, 4) is 0 Å². The normalized spacial score (nSPS) is 20.0. The Balaban J connectivity index is 1.38. The third-order valence-corrected chi connectivity index (χ3v) is 7.72. The van der Waals surface area contributed by atoms with Gasteiger partial charge in [0.25, 0.3) is 11.5 Å². The molecule has 2 aliphatic rings. The number of para-hydroxylation sites is 1. The predicted molar refractivity (Wildman–Crippen MR) is 151 cm³/mol. The maximum absolute atomic E-state index is 13.8. The van der Waals surface area contributed by atoms with E-state index in [-0.39, 0.29) is 30.0 Å². The Labute approximate surface area is 229 Å². The number of benzene rings is 3. The van der Waals surface area contributed by atoms with Crippen molar-refractivity contribution >= 4 is 51.8 Å². The second-order valence-electron chi connectivity index (χ2n) is 9.63. The van der Waals surface area contributed by atoms with Crippen LogP contribution in [0, 0.1) is 5.92 Å². The summed E-state index contributed by atoms with van der Waals surface area (Å²) in [5.41, 5.74) is 4.38. The Morgan fingerprint density at radius 1 is 0.974 bits per heavy atom. The first-order valence-electron chi connectivity index (χ1n) is 12.5. The number of amides is 1. The van der Waals surface area contributed by atoms with Gasteiger partial charge in [0.05, 0.1) is 29.0 Å². The second-order valence-corrected chi connectivity index (χ2v) is 10.5. The van der Waals surface area contributed by atoms with Gasteiger partial charge in [-0.15, -0.1) is 0 Å². The summed E-state index contributed by atoms with van der Waals surface area (Å²) in [6.45, 7) is -0.152. The predicted octanol–water partition coefficient (Wildman–Crippen LogP) is 6.53. The molecule has 2 heterocycles. The Morgan fingerprint density at radius 2 is 1.68 bits per heavy atom. The number of hydrogen-bond acceptors (Lipinski definition) is 4. The van der Waals surface area contributed by atoms with Crippen LogP contribution in [-0.2, 0) is 11.3 Å². The lowest BCUT2D eigenvalue weighted by molar-refractivity contribution is -0.134. The highest BCUT2D eigenvalue weighted by Crippen LogP contribution is 2.44. The zero-order valence-electron chi connectivity index (χ0n) is 20.4. The van der Waals surface area contributed by atoms with Gasteiger partial charge in [0.15, 0.2) is 0 Å². The van der Waals surface area contributed by atoms with Crippen LogP contribution in [0.3, 0.4) is 0 Å². The average molecular weight is 543 g/mol. The molecule has 190 valence electrons. The number of fused-ring (bicyclic) bond motifs is 2. The average Bonchev–Trinajstić information content (AvgIpc) is 3.33. The van der Waals surface area contributed by atoms with E-state index in [1.54, 1.807) is 23.2 Å². The Hall–Kier alpha value is -3.74. The van der Waals surface area contributed by atoms with Crippen LogP contribution in [0.4, 0.5) is 0 Å². The van der Waals surface area contributed by atoms with Crippen molar-refractivity contribution in [3.05, 3.63) is 116 Å². The van der Waals surface area contributed by atoms with Crippen LogP contribution in [-0.4, -0.2) is 26.2 Å². The number of carbonyl (C=O) groups excluding carboxylic acids is 1. The summed E-state index contributed by atoms with van der Waals surface area (Å²) < 4.78 is 1.36. The minimum Gasteiger partial charge on any atom is -0.289 e. The van der Waals surface area contributed by atoms with Crippen molar-refractivity contribution < 1.29 is 4.79 Å². The molecule has 1 fully saturated rings. The quantitative estimate of drug-likeness (QED) is 0.294.